The van der Waals surface area contributed by atoms with Gasteiger partial charge in [0, 0.05) is 49.5 Å². The van der Waals surface area contributed by atoms with Crippen molar-refractivity contribution in [3.8, 4) is 11.3 Å². The zero-order valence-corrected chi connectivity index (χ0v) is 31.6. The molecule has 6 rings (SSSR count). The van der Waals surface area contributed by atoms with Gasteiger partial charge in [-0.1, -0.05) is 20.8 Å². The molecule has 1 atom stereocenters. The molecule has 0 N–H and O–H groups in total. The summed E-state index contributed by atoms with van der Waals surface area (Å²) in [4.78, 5) is 27.4. The second-order valence-electron chi connectivity index (χ2n) is 15.6. The SMILES string of the molecule is CC(C)(C)OC(=O)N(c1ccc(N2CCOCC2)cc1)c1ncc(-c2cn(C3CCCCO3)nc2C(C)(C)O[SiH2]C(C)(C)C)n2ccnc12. The molecular weight excluding hydrogens is 639 g/mol. The normalized spacial score (nSPS) is 18.0. The van der Waals surface area contributed by atoms with E-state index in [9.17, 15) is 4.79 Å². The van der Waals surface area contributed by atoms with E-state index in [1.165, 1.54) is 4.90 Å². The molecule has 3 aromatic heterocycles. The summed E-state index contributed by atoms with van der Waals surface area (Å²) in [6.45, 7) is 20.1. The van der Waals surface area contributed by atoms with Crippen LogP contribution in [0.5, 0.6) is 0 Å². The van der Waals surface area contributed by atoms with Gasteiger partial charge in [-0.3, -0.25) is 4.40 Å². The molecule has 2 aliphatic rings. The lowest BCUT2D eigenvalue weighted by atomic mass is 10.00. The first-order valence-electron chi connectivity index (χ1n) is 17.3. The Morgan fingerprint density at radius 1 is 0.980 bits per heavy atom. The van der Waals surface area contributed by atoms with Crippen molar-refractivity contribution < 1.29 is 23.4 Å². The van der Waals surface area contributed by atoms with Gasteiger partial charge in [-0.05, 0) is 83.2 Å². The average Bonchev–Trinajstić information content (AvgIpc) is 3.74. The Kier molecular flexibility index (Phi) is 9.91. The number of rotatable bonds is 8. The number of aromatic nitrogens is 5. The molecule has 1 amide bonds. The van der Waals surface area contributed by atoms with Crippen molar-refractivity contribution in [2.75, 3.05) is 42.7 Å². The van der Waals surface area contributed by atoms with Crippen molar-refractivity contribution in [1.29, 1.82) is 0 Å². The Morgan fingerprint density at radius 2 is 1.71 bits per heavy atom. The number of hydrogen-bond acceptors (Lipinski definition) is 9. The van der Waals surface area contributed by atoms with Crippen LogP contribution in [-0.2, 0) is 24.2 Å². The lowest BCUT2D eigenvalue weighted by Crippen LogP contribution is -2.36. The summed E-state index contributed by atoms with van der Waals surface area (Å²) in [5.41, 5.74) is 3.29. The predicted octanol–water partition coefficient (Wildman–Crippen LogP) is 6.76. The molecule has 0 saturated carbocycles. The van der Waals surface area contributed by atoms with Crippen molar-refractivity contribution >= 4 is 38.7 Å². The van der Waals surface area contributed by atoms with E-state index >= 15 is 0 Å². The average molecular weight is 690 g/mol. The Morgan fingerprint density at radius 3 is 2.37 bits per heavy atom. The third kappa shape index (κ3) is 8.01. The van der Waals surface area contributed by atoms with Gasteiger partial charge in [0.05, 0.1) is 36.4 Å². The van der Waals surface area contributed by atoms with Crippen molar-refractivity contribution in [3.63, 3.8) is 0 Å². The van der Waals surface area contributed by atoms with Gasteiger partial charge in [-0.25, -0.2) is 24.3 Å². The maximum atomic E-state index is 13.9. The Labute approximate surface area is 291 Å². The highest BCUT2D eigenvalue weighted by molar-refractivity contribution is 6.31. The molecule has 2 aliphatic heterocycles. The van der Waals surface area contributed by atoms with Crippen LogP contribution in [0.2, 0.25) is 5.04 Å². The molecule has 12 nitrogen and oxygen atoms in total. The maximum Gasteiger partial charge on any atom is 0.420 e. The number of carbonyl (C=O) groups is 1. The Hall–Kier alpha value is -3.78. The van der Waals surface area contributed by atoms with Crippen LogP contribution in [0.4, 0.5) is 22.0 Å². The number of nitrogens with zero attached hydrogens (tertiary/aromatic N) is 7. The van der Waals surface area contributed by atoms with Gasteiger partial charge >= 0.3 is 6.09 Å². The largest absolute Gasteiger partial charge is 0.443 e. The molecule has 0 spiro atoms. The highest BCUT2D eigenvalue weighted by Crippen LogP contribution is 2.39. The van der Waals surface area contributed by atoms with Gasteiger partial charge in [0.25, 0.3) is 0 Å². The number of morpholine rings is 1. The first-order chi connectivity index (χ1) is 23.2. The number of amides is 1. The third-order valence-corrected chi connectivity index (χ3v) is 10.3. The lowest BCUT2D eigenvalue weighted by Gasteiger charge is -2.30. The number of anilines is 3. The molecule has 5 heterocycles. The minimum absolute atomic E-state index is 0.110. The number of benzene rings is 1. The minimum Gasteiger partial charge on any atom is -0.443 e. The van der Waals surface area contributed by atoms with E-state index in [0.29, 0.717) is 37.0 Å². The highest BCUT2D eigenvalue weighted by Gasteiger charge is 2.34. The van der Waals surface area contributed by atoms with Crippen LogP contribution >= 0.6 is 0 Å². The molecule has 49 heavy (non-hydrogen) atoms. The van der Waals surface area contributed by atoms with Gasteiger partial charge in [0.15, 0.2) is 21.2 Å². The van der Waals surface area contributed by atoms with Crippen molar-refractivity contribution in [2.45, 2.75) is 97.1 Å². The van der Waals surface area contributed by atoms with Gasteiger partial charge < -0.3 is 23.5 Å². The van der Waals surface area contributed by atoms with E-state index in [1.54, 1.807) is 12.4 Å². The van der Waals surface area contributed by atoms with E-state index in [-0.39, 0.29) is 11.3 Å². The topological polar surface area (TPSA) is 108 Å². The van der Waals surface area contributed by atoms with Crippen LogP contribution in [0.3, 0.4) is 0 Å². The number of ether oxygens (including phenoxy) is 3. The molecule has 0 aliphatic carbocycles. The van der Waals surface area contributed by atoms with Crippen molar-refractivity contribution in [1.82, 2.24) is 24.1 Å². The summed E-state index contributed by atoms with van der Waals surface area (Å²) in [5, 5.41) is 5.24. The summed E-state index contributed by atoms with van der Waals surface area (Å²) in [6, 6.07) is 7.89. The fourth-order valence-electron chi connectivity index (χ4n) is 6.09. The van der Waals surface area contributed by atoms with Crippen LogP contribution in [0.1, 0.15) is 86.6 Å². The summed E-state index contributed by atoms with van der Waals surface area (Å²) in [7, 11) is -0.902. The quantitative estimate of drug-likeness (QED) is 0.186. The first kappa shape index (κ1) is 35.1. The Bertz CT molecular complexity index is 1740. The summed E-state index contributed by atoms with van der Waals surface area (Å²) in [5.74, 6) is 0.363. The predicted molar refractivity (Wildman–Crippen MR) is 193 cm³/mol. The van der Waals surface area contributed by atoms with E-state index in [2.05, 4.69) is 39.5 Å². The molecule has 2 saturated heterocycles. The molecule has 0 bridgehead atoms. The van der Waals surface area contributed by atoms with Crippen LogP contribution in [-0.4, -0.2) is 78.5 Å². The Balaban J connectivity index is 1.44. The van der Waals surface area contributed by atoms with Gasteiger partial charge in [0.2, 0.25) is 0 Å². The molecule has 4 aromatic rings. The number of hydrogen-bond donors (Lipinski definition) is 0. The monoisotopic (exact) mass is 689 g/mol. The summed E-state index contributed by atoms with van der Waals surface area (Å²) >= 11 is 0. The standard InChI is InChI=1S/C36H51N7O5Si/c1-34(2,3)47-33(44)43(26-14-12-25(13-15-26)40-18-21-45-22-19-40)32-31-37-16-17-41(31)28(23-38-32)27-24-42(29-11-9-10-20-46-29)39-30(27)36(7,8)48-49-35(4,5)6/h12-17,23-24,29H,9-11,18-22,49H2,1-8H3. The molecule has 13 heteroatoms. The number of fused-ring (bicyclic) bond motifs is 1. The zero-order valence-electron chi connectivity index (χ0n) is 30.2. The molecule has 2 fully saturated rings. The number of carbonyl (C=O) groups excluding carboxylic acids is 1. The molecule has 264 valence electrons. The molecular formula is C36H51N7O5Si. The van der Waals surface area contributed by atoms with Crippen LogP contribution < -0.4 is 9.80 Å². The van der Waals surface area contributed by atoms with Crippen LogP contribution in [0.25, 0.3) is 16.9 Å². The number of imidazole rings is 1. The fourth-order valence-corrected chi connectivity index (χ4v) is 7.02. The van der Waals surface area contributed by atoms with E-state index < -0.39 is 27.1 Å². The van der Waals surface area contributed by atoms with E-state index in [4.69, 9.17) is 33.7 Å². The highest BCUT2D eigenvalue weighted by atomic mass is 28.2. The van der Waals surface area contributed by atoms with E-state index in [0.717, 1.165) is 55.0 Å². The van der Waals surface area contributed by atoms with Crippen LogP contribution in [0.15, 0.2) is 49.1 Å². The van der Waals surface area contributed by atoms with Gasteiger partial charge in [-0.15, -0.1) is 0 Å². The third-order valence-electron chi connectivity index (χ3n) is 8.58. The second kappa shape index (κ2) is 13.9. The zero-order chi connectivity index (χ0) is 35.0. The second-order valence-corrected chi connectivity index (χ2v) is 18.3. The lowest BCUT2D eigenvalue weighted by molar-refractivity contribution is -0.0404. The minimum atomic E-state index is -0.902. The van der Waals surface area contributed by atoms with Gasteiger partial charge in [0.1, 0.15) is 17.5 Å². The van der Waals surface area contributed by atoms with Gasteiger partial charge in [-0.2, -0.15) is 5.10 Å². The molecule has 1 aromatic carbocycles. The summed E-state index contributed by atoms with van der Waals surface area (Å²) in [6.07, 6.45) is 9.78. The first-order valence-corrected chi connectivity index (χ1v) is 18.6. The molecule has 1 unspecified atom stereocenters. The summed E-state index contributed by atoms with van der Waals surface area (Å²) < 4.78 is 28.2. The van der Waals surface area contributed by atoms with Crippen LogP contribution in [0, 0.1) is 0 Å². The smallest absolute Gasteiger partial charge is 0.420 e. The maximum absolute atomic E-state index is 13.9. The van der Waals surface area contributed by atoms with E-state index in [1.807, 2.05) is 66.5 Å². The fraction of sp³-hybridized carbons (Fsp3) is 0.556. The van der Waals surface area contributed by atoms with Crippen molar-refractivity contribution in [2.24, 2.45) is 0 Å². The van der Waals surface area contributed by atoms with Crippen molar-refractivity contribution in [3.05, 3.63) is 54.7 Å². The molecule has 0 radical (unpaired) electrons.